The molecule has 0 aromatic carbocycles. The maximum atomic E-state index is 14.7. The van der Waals surface area contributed by atoms with Crippen molar-refractivity contribution in [3.8, 4) is 0 Å². The zero-order chi connectivity index (χ0) is 20.2. The molecular formula is C19H22F2O6. The number of hydrogen-bond donors (Lipinski definition) is 2. The number of methoxy groups -OCH3 is 1. The number of rotatable bonds is 1. The van der Waals surface area contributed by atoms with E-state index in [-0.39, 0.29) is 19.3 Å². The first-order valence-electron chi connectivity index (χ1n) is 8.50. The number of ether oxygens (including phenoxy) is 2. The van der Waals surface area contributed by atoms with Gasteiger partial charge >= 0.3 is 11.9 Å². The van der Waals surface area contributed by atoms with E-state index in [1.54, 1.807) is 19.1 Å². The van der Waals surface area contributed by atoms with E-state index in [4.69, 9.17) is 4.74 Å². The highest BCUT2D eigenvalue weighted by atomic mass is 19.3. The average Bonchev–Trinajstić information content (AvgIpc) is 2.60. The predicted octanol–water partition coefficient (Wildman–Crippen LogP) is 1.98. The monoisotopic (exact) mass is 384 g/mol. The standard InChI is InChI=1S/C19H22F2O6/c1-11-6-3-4-8-13(22)14(23)9-5-7-12-17(18(25)27-11)15(24)10-16(26-2)19(12,20)21/h3-5,7,10-11,13-14,22-23H,6,8-9H2,1-2H3/b4-3+,7-5+/t11-,13+,14-/m0/s1. The minimum Gasteiger partial charge on any atom is -0.494 e. The highest BCUT2D eigenvalue weighted by Gasteiger charge is 2.47. The van der Waals surface area contributed by atoms with Gasteiger partial charge in [-0.25, -0.2) is 4.79 Å². The van der Waals surface area contributed by atoms with Gasteiger partial charge in [0.2, 0.25) is 0 Å². The summed E-state index contributed by atoms with van der Waals surface area (Å²) in [5.74, 6) is -6.71. The van der Waals surface area contributed by atoms with Crippen LogP contribution in [0.25, 0.3) is 0 Å². The molecule has 0 aromatic heterocycles. The Morgan fingerprint density at radius 2 is 1.70 bits per heavy atom. The van der Waals surface area contributed by atoms with Crippen LogP contribution in [0.2, 0.25) is 0 Å². The van der Waals surface area contributed by atoms with Crippen LogP contribution in [0.15, 0.2) is 47.3 Å². The summed E-state index contributed by atoms with van der Waals surface area (Å²) in [5.41, 5.74) is -1.64. The van der Waals surface area contributed by atoms with Gasteiger partial charge in [-0.15, -0.1) is 0 Å². The maximum Gasteiger partial charge on any atom is 0.342 e. The normalized spacial score (nSPS) is 31.9. The van der Waals surface area contributed by atoms with Crippen molar-refractivity contribution in [2.75, 3.05) is 7.11 Å². The largest absolute Gasteiger partial charge is 0.494 e. The number of alkyl halides is 2. The van der Waals surface area contributed by atoms with E-state index < -0.39 is 52.9 Å². The number of carbonyl (C=O) groups is 2. The molecule has 6 nitrogen and oxygen atoms in total. The molecule has 8 heteroatoms. The second-order valence-electron chi connectivity index (χ2n) is 6.37. The summed E-state index contributed by atoms with van der Waals surface area (Å²) in [4.78, 5) is 24.7. The van der Waals surface area contributed by atoms with E-state index in [1.165, 1.54) is 6.08 Å². The van der Waals surface area contributed by atoms with Crippen molar-refractivity contribution < 1.29 is 38.1 Å². The smallest absolute Gasteiger partial charge is 0.342 e. The summed E-state index contributed by atoms with van der Waals surface area (Å²) in [5, 5.41) is 19.8. The molecule has 0 fully saturated rings. The Kier molecular flexibility index (Phi) is 6.67. The molecule has 0 saturated carbocycles. The first kappa shape index (κ1) is 21.0. The summed E-state index contributed by atoms with van der Waals surface area (Å²) < 4.78 is 39.2. The van der Waals surface area contributed by atoms with Crippen LogP contribution >= 0.6 is 0 Å². The predicted molar refractivity (Wildman–Crippen MR) is 91.8 cm³/mol. The SMILES string of the molecule is COC1=CC(=O)C2=C(/C=C/C[C@H](O)[C@H](O)C/C=C/C[C@H](C)OC2=O)C1(F)F. The van der Waals surface area contributed by atoms with Gasteiger partial charge in [-0.3, -0.25) is 4.79 Å². The highest BCUT2D eigenvalue weighted by Crippen LogP contribution is 2.39. The number of cyclic esters (lactones) is 1. The minimum atomic E-state index is -3.72. The fourth-order valence-corrected chi connectivity index (χ4v) is 2.74. The second-order valence-corrected chi connectivity index (χ2v) is 6.37. The summed E-state index contributed by atoms with van der Waals surface area (Å²) in [6.45, 7) is 1.55. The number of aliphatic hydroxyl groups is 2. The Labute approximate surface area is 155 Å². The third-order valence-electron chi connectivity index (χ3n) is 4.28. The van der Waals surface area contributed by atoms with Crippen LogP contribution < -0.4 is 0 Å². The van der Waals surface area contributed by atoms with Crippen LogP contribution in [0.4, 0.5) is 8.78 Å². The van der Waals surface area contributed by atoms with Crippen molar-refractivity contribution in [1.82, 2.24) is 0 Å². The molecule has 1 aliphatic carbocycles. The van der Waals surface area contributed by atoms with Crippen LogP contribution in [0.1, 0.15) is 26.2 Å². The first-order valence-corrected chi connectivity index (χ1v) is 8.50. The zero-order valence-corrected chi connectivity index (χ0v) is 15.0. The third kappa shape index (κ3) is 4.70. The fourth-order valence-electron chi connectivity index (χ4n) is 2.74. The molecule has 0 unspecified atom stereocenters. The molecular weight excluding hydrogens is 362 g/mol. The van der Waals surface area contributed by atoms with Crippen molar-refractivity contribution in [3.63, 3.8) is 0 Å². The number of aliphatic hydroxyl groups excluding tert-OH is 2. The third-order valence-corrected chi connectivity index (χ3v) is 4.28. The van der Waals surface area contributed by atoms with Crippen LogP contribution in [-0.4, -0.2) is 53.3 Å². The van der Waals surface area contributed by atoms with Gasteiger partial charge in [-0.05, 0) is 19.8 Å². The van der Waals surface area contributed by atoms with Crippen LogP contribution in [0, 0.1) is 0 Å². The quantitative estimate of drug-likeness (QED) is 0.408. The molecule has 0 bridgehead atoms. The Bertz CT molecular complexity index is 720. The lowest BCUT2D eigenvalue weighted by Crippen LogP contribution is -2.34. The Balaban J connectivity index is 2.50. The molecule has 27 heavy (non-hydrogen) atoms. The molecule has 0 aromatic rings. The molecule has 0 radical (unpaired) electrons. The van der Waals surface area contributed by atoms with E-state index in [1.807, 2.05) is 0 Å². The number of allylic oxidation sites excluding steroid dienone is 3. The molecule has 1 aliphatic heterocycles. The van der Waals surface area contributed by atoms with Crippen LogP contribution in [0.3, 0.4) is 0 Å². The fraction of sp³-hybridized carbons (Fsp3) is 0.474. The average molecular weight is 384 g/mol. The number of carbonyl (C=O) groups excluding carboxylic acids is 2. The van der Waals surface area contributed by atoms with E-state index in [9.17, 15) is 28.6 Å². The molecule has 3 atom stereocenters. The van der Waals surface area contributed by atoms with Crippen LogP contribution in [0.5, 0.6) is 0 Å². The van der Waals surface area contributed by atoms with Gasteiger partial charge in [0, 0.05) is 18.1 Å². The molecule has 2 N–H and O–H groups in total. The molecule has 0 amide bonds. The zero-order valence-electron chi connectivity index (χ0n) is 15.0. The summed E-state index contributed by atoms with van der Waals surface area (Å²) in [6.07, 6.45) is 3.25. The van der Waals surface area contributed by atoms with Gasteiger partial charge < -0.3 is 19.7 Å². The summed E-state index contributed by atoms with van der Waals surface area (Å²) in [7, 11) is 0.998. The van der Waals surface area contributed by atoms with Crippen molar-refractivity contribution in [2.24, 2.45) is 0 Å². The summed E-state index contributed by atoms with van der Waals surface area (Å²) >= 11 is 0. The lowest BCUT2D eigenvalue weighted by atomic mass is 9.90. The Hall–Kier alpha value is -2.32. The van der Waals surface area contributed by atoms with E-state index in [2.05, 4.69) is 4.74 Å². The number of esters is 1. The minimum absolute atomic E-state index is 0.145. The Morgan fingerprint density at radius 3 is 2.33 bits per heavy atom. The number of hydrogen-bond acceptors (Lipinski definition) is 6. The highest BCUT2D eigenvalue weighted by molar-refractivity contribution is 6.23. The molecule has 0 saturated heterocycles. The van der Waals surface area contributed by atoms with E-state index in [0.29, 0.717) is 6.08 Å². The molecule has 0 spiro atoms. The van der Waals surface area contributed by atoms with Crippen molar-refractivity contribution in [2.45, 2.75) is 50.4 Å². The lowest BCUT2D eigenvalue weighted by molar-refractivity contribution is -0.144. The van der Waals surface area contributed by atoms with E-state index >= 15 is 0 Å². The van der Waals surface area contributed by atoms with Crippen LogP contribution in [-0.2, 0) is 19.1 Å². The van der Waals surface area contributed by atoms with Crippen molar-refractivity contribution in [3.05, 3.63) is 47.3 Å². The Morgan fingerprint density at radius 1 is 1.11 bits per heavy atom. The topological polar surface area (TPSA) is 93.1 Å². The van der Waals surface area contributed by atoms with Gasteiger partial charge in [-0.1, -0.05) is 24.3 Å². The van der Waals surface area contributed by atoms with Gasteiger partial charge in [0.15, 0.2) is 11.5 Å². The van der Waals surface area contributed by atoms with Gasteiger partial charge in [0.25, 0.3) is 0 Å². The van der Waals surface area contributed by atoms with E-state index in [0.717, 1.165) is 13.2 Å². The number of ketones is 1. The van der Waals surface area contributed by atoms with Crippen molar-refractivity contribution in [1.29, 1.82) is 0 Å². The van der Waals surface area contributed by atoms with Gasteiger partial charge in [-0.2, -0.15) is 8.78 Å². The number of halogens is 2. The second kappa shape index (κ2) is 8.58. The van der Waals surface area contributed by atoms with Crippen molar-refractivity contribution >= 4 is 11.8 Å². The van der Waals surface area contributed by atoms with Gasteiger partial charge in [0.1, 0.15) is 11.7 Å². The molecule has 1 heterocycles. The lowest BCUT2D eigenvalue weighted by Gasteiger charge is -2.26. The van der Waals surface area contributed by atoms with Gasteiger partial charge in [0.05, 0.1) is 19.3 Å². The molecule has 148 valence electrons. The molecule has 2 aliphatic rings. The maximum absolute atomic E-state index is 14.7. The molecule has 2 rings (SSSR count). The first-order chi connectivity index (χ1) is 12.7. The summed E-state index contributed by atoms with van der Waals surface area (Å²) in [6, 6.07) is 0.